The van der Waals surface area contributed by atoms with Gasteiger partial charge >= 0.3 is 0 Å². The van der Waals surface area contributed by atoms with Gasteiger partial charge in [-0.15, -0.1) is 0 Å². The second-order valence-electron chi connectivity index (χ2n) is 8.16. The van der Waals surface area contributed by atoms with Gasteiger partial charge in [-0.25, -0.2) is 13.1 Å². The van der Waals surface area contributed by atoms with Gasteiger partial charge in [0, 0.05) is 24.1 Å². The summed E-state index contributed by atoms with van der Waals surface area (Å²) in [6.45, 7) is 5.68. The van der Waals surface area contributed by atoms with Gasteiger partial charge in [0.25, 0.3) is 0 Å². The van der Waals surface area contributed by atoms with Gasteiger partial charge in [0.05, 0.1) is 26.4 Å². The predicted molar refractivity (Wildman–Crippen MR) is 120 cm³/mol. The number of rotatable bonds is 12. The molecule has 0 saturated carbocycles. The highest BCUT2D eigenvalue weighted by molar-refractivity contribution is 7.89. The highest BCUT2D eigenvalue weighted by atomic mass is 79.9. The van der Waals surface area contributed by atoms with Crippen molar-refractivity contribution >= 4 is 15.8 Å². The highest BCUT2D eigenvalue weighted by Gasteiger charge is 2.21. The van der Waals surface area contributed by atoms with Crippen LogP contribution < -0.4 is 26.4 Å². The molecule has 31 heavy (non-hydrogen) atoms. The maximum atomic E-state index is 12.5. The smallest absolute Gasteiger partial charge is 0.211 e. The molecular formula is C23H33BrN2O4S. The first kappa shape index (κ1) is 27.3. The first-order chi connectivity index (χ1) is 14.1. The minimum absolute atomic E-state index is 0. The number of nitrogens with zero attached hydrogens (tertiary/aromatic N) is 1. The summed E-state index contributed by atoms with van der Waals surface area (Å²) in [5.74, 6) is 0.830. The first-order valence-corrected chi connectivity index (χ1v) is 11.9. The number of halogens is 1. The number of hydrogen-bond acceptors (Lipinski definition) is 4. The van der Waals surface area contributed by atoms with Crippen LogP contribution in [0.3, 0.4) is 0 Å². The van der Waals surface area contributed by atoms with E-state index in [4.69, 9.17) is 4.74 Å². The van der Waals surface area contributed by atoms with Gasteiger partial charge in [-0.1, -0.05) is 37.3 Å². The Morgan fingerprint density at radius 3 is 2.19 bits per heavy atom. The number of carbonyl (C=O) groups excluding carboxylic acids is 1. The van der Waals surface area contributed by atoms with Crippen LogP contribution in [0.15, 0.2) is 54.6 Å². The Morgan fingerprint density at radius 1 is 1.03 bits per heavy atom. The molecule has 1 N–H and O–H groups in total. The van der Waals surface area contributed by atoms with Crippen molar-refractivity contribution in [2.45, 2.75) is 26.4 Å². The van der Waals surface area contributed by atoms with Gasteiger partial charge in [-0.2, -0.15) is 0 Å². The maximum absolute atomic E-state index is 12.5. The fourth-order valence-corrected chi connectivity index (χ4v) is 4.57. The summed E-state index contributed by atoms with van der Waals surface area (Å²) in [6.07, 6.45) is 0.534. The zero-order valence-electron chi connectivity index (χ0n) is 18.7. The Bertz CT molecular complexity index is 916. The summed E-state index contributed by atoms with van der Waals surface area (Å²) >= 11 is 0. The van der Waals surface area contributed by atoms with Gasteiger partial charge in [0.15, 0.2) is 5.78 Å². The van der Waals surface area contributed by atoms with Gasteiger partial charge < -0.3 is 26.2 Å². The number of ketones is 1. The molecule has 2 rings (SSSR count). The average Bonchev–Trinajstić information content (AvgIpc) is 2.67. The fourth-order valence-electron chi connectivity index (χ4n) is 3.47. The van der Waals surface area contributed by atoms with Crippen LogP contribution in [0.1, 0.15) is 36.2 Å². The number of benzene rings is 2. The Morgan fingerprint density at radius 2 is 1.61 bits per heavy atom. The van der Waals surface area contributed by atoms with E-state index >= 15 is 0 Å². The molecule has 2 aromatic rings. The lowest BCUT2D eigenvalue weighted by Crippen LogP contribution is -3.00. The van der Waals surface area contributed by atoms with Crippen molar-refractivity contribution in [1.29, 1.82) is 0 Å². The van der Waals surface area contributed by atoms with E-state index in [9.17, 15) is 13.2 Å². The zero-order valence-corrected chi connectivity index (χ0v) is 21.1. The third kappa shape index (κ3) is 9.51. The number of carbonyl (C=O) groups is 1. The second kappa shape index (κ2) is 12.3. The fraction of sp³-hybridized carbons (Fsp3) is 0.435. The van der Waals surface area contributed by atoms with Crippen molar-refractivity contribution in [3.8, 4) is 5.75 Å². The molecule has 0 amide bonds. The highest BCUT2D eigenvalue weighted by Crippen LogP contribution is 2.17. The molecule has 6 nitrogen and oxygen atoms in total. The third-order valence-electron chi connectivity index (χ3n) is 4.78. The topological polar surface area (TPSA) is 72.5 Å². The van der Waals surface area contributed by atoms with E-state index in [-0.39, 0.29) is 34.6 Å². The van der Waals surface area contributed by atoms with Crippen LogP contribution in [-0.2, 0) is 10.0 Å². The first-order valence-electron chi connectivity index (χ1n) is 10.3. The molecule has 0 spiro atoms. The summed E-state index contributed by atoms with van der Waals surface area (Å²) < 4.78 is 32.8. The molecule has 1 atom stereocenters. The van der Waals surface area contributed by atoms with Crippen molar-refractivity contribution in [3.63, 3.8) is 0 Å². The maximum Gasteiger partial charge on any atom is 0.211 e. The van der Waals surface area contributed by atoms with Crippen LogP contribution >= 0.6 is 0 Å². The molecule has 0 aliphatic rings. The normalized spacial score (nSPS) is 12.6. The van der Waals surface area contributed by atoms with Crippen LogP contribution in [0.25, 0.3) is 0 Å². The van der Waals surface area contributed by atoms with E-state index in [0.717, 1.165) is 13.1 Å². The number of quaternary nitrogens is 1. The molecule has 0 aromatic heterocycles. The summed E-state index contributed by atoms with van der Waals surface area (Å²) in [5.41, 5.74) is 1.29. The van der Waals surface area contributed by atoms with Crippen molar-refractivity contribution in [3.05, 3.63) is 65.7 Å². The molecule has 0 saturated heterocycles. The van der Waals surface area contributed by atoms with Crippen LogP contribution in [-0.4, -0.2) is 64.3 Å². The predicted octanol–water partition coefficient (Wildman–Crippen LogP) is 0.0947. The van der Waals surface area contributed by atoms with Crippen molar-refractivity contribution in [1.82, 2.24) is 4.72 Å². The van der Waals surface area contributed by atoms with Gasteiger partial charge in [-0.3, -0.25) is 4.79 Å². The lowest BCUT2D eigenvalue weighted by atomic mass is 10.0. The lowest BCUT2D eigenvalue weighted by molar-refractivity contribution is -0.892. The van der Waals surface area contributed by atoms with Gasteiger partial charge in [-0.05, 0) is 31.2 Å². The van der Waals surface area contributed by atoms with Crippen LogP contribution in [0, 0.1) is 0 Å². The number of hydrogen-bond donors (Lipinski definition) is 1. The minimum atomic E-state index is -3.18. The van der Waals surface area contributed by atoms with Gasteiger partial charge in [0.2, 0.25) is 10.0 Å². The molecule has 8 heteroatoms. The van der Waals surface area contributed by atoms with Crippen LogP contribution in [0.5, 0.6) is 5.75 Å². The monoisotopic (exact) mass is 512 g/mol. The van der Waals surface area contributed by atoms with E-state index in [0.29, 0.717) is 34.3 Å². The molecule has 2 aromatic carbocycles. The van der Waals surface area contributed by atoms with E-state index in [1.54, 1.807) is 31.2 Å². The summed E-state index contributed by atoms with van der Waals surface area (Å²) in [7, 11) is 0.960. The molecule has 172 valence electrons. The molecule has 0 fully saturated rings. The molecule has 0 radical (unpaired) electrons. The Balaban J connectivity index is 0.00000480. The van der Waals surface area contributed by atoms with E-state index < -0.39 is 10.0 Å². The quantitative estimate of drug-likeness (QED) is 0.323. The number of sulfonamides is 1. The van der Waals surface area contributed by atoms with Gasteiger partial charge in [0.1, 0.15) is 18.4 Å². The Hall–Kier alpha value is -1.74. The molecule has 0 aliphatic heterocycles. The minimum Gasteiger partial charge on any atom is -1.00 e. The largest absolute Gasteiger partial charge is 1.00 e. The summed E-state index contributed by atoms with van der Waals surface area (Å²) in [6, 6.07) is 16.4. The molecule has 0 heterocycles. The Labute approximate surface area is 197 Å². The zero-order chi connectivity index (χ0) is 22.2. The number of ether oxygens (including phenoxy) is 1. The molecule has 1 unspecified atom stereocenters. The van der Waals surface area contributed by atoms with E-state index in [1.807, 2.05) is 37.3 Å². The third-order valence-corrected chi connectivity index (χ3v) is 6.34. The SMILES string of the molecule is CCNS(=O)(=O)CCC[N+](C)(C)CC(C)Oc1ccc(C(=O)c2ccccc2)cc1.[Br-]. The van der Waals surface area contributed by atoms with E-state index in [1.165, 1.54) is 0 Å². The van der Waals surface area contributed by atoms with Crippen LogP contribution in [0.4, 0.5) is 0 Å². The lowest BCUT2D eigenvalue weighted by Gasteiger charge is -2.32. The molecule has 0 aliphatic carbocycles. The second-order valence-corrected chi connectivity index (χ2v) is 10.1. The summed E-state index contributed by atoms with van der Waals surface area (Å²) in [4.78, 5) is 12.5. The van der Waals surface area contributed by atoms with E-state index in [2.05, 4.69) is 18.8 Å². The van der Waals surface area contributed by atoms with Crippen molar-refractivity contribution in [2.75, 3.05) is 39.5 Å². The van der Waals surface area contributed by atoms with Crippen LogP contribution in [0.2, 0.25) is 0 Å². The number of nitrogens with one attached hydrogen (secondary N) is 1. The molecule has 0 bridgehead atoms. The summed E-state index contributed by atoms with van der Waals surface area (Å²) in [5, 5.41) is 0. The average molecular weight is 513 g/mol. The Kier molecular flexibility index (Phi) is 10.9. The van der Waals surface area contributed by atoms with Crippen molar-refractivity contribution in [2.24, 2.45) is 0 Å². The number of likely N-dealkylation sites (N-methyl/N-ethyl adjacent to an activating group) is 1. The molecular weight excluding hydrogens is 480 g/mol. The standard InChI is InChI=1S/C23H33N2O4S.BrH/c1-5-24-30(27,28)17-9-16-25(3,4)18-19(2)29-22-14-12-21(13-15-22)23(26)20-10-7-6-8-11-20;/h6-8,10-15,19,24H,5,9,16-18H2,1-4H3;1H/q+1;/p-1. The van der Waals surface area contributed by atoms with Crippen molar-refractivity contribution < 1.29 is 39.4 Å².